The maximum atomic E-state index is 13.7. The van der Waals surface area contributed by atoms with Crippen LogP contribution < -0.4 is 13.8 Å². The van der Waals surface area contributed by atoms with Crippen LogP contribution in [0, 0.1) is 6.92 Å². The van der Waals surface area contributed by atoms with Crippen molar-refractivity contribution in [2.75, 3.05) is 17.5 Å². The van der Waals surface area contributed by atoms with Crippen LogP contribution in [0.3, 0.4) is 0 Å². The van der Waals surface area contributed by atoms with E-state index in [0.717, 1.165) is 11.1 Å². The Hall–Kier alpha value is -3.85. The number of nitrogens with zero attached hydrogens (tertiary/aromatic N) is 3. The molecule has 1 aliphatic heterocycles. The largest absolute Gasteiger partial charge is 0.486 e. The molecule has 0 unspecified atom stereocenters. The quantitative estimate of drug-likeness (QED) is 0.423. The van der Waals surface area contributed by atoms with Crippen LogP contribution in [-0.2, 0) is 16.6 Å². The molecular weight excluding hydrogens is 442 g/mol. The van der Waals surface area contributed by atoms with Crippen molar-refractivity contribution in [2.45, 2.75) is 18.4 Å². The molecule has 0 atom stereocenters. The first kappa shape index (κ1) is 21.0. The molecule has 0 aliphatic carbocycles. The summed E-state index contributed by atoms with van der Waals surface area (Å²) < 4.78 is 45.6. The highest BCUT2D eigenvalue weighted by atomic mass is 32.2. The van der Waals surface area contributed by atoms with E-state index < -0.39 is 10.0 Å². The molecule has 0 N–H and O–H groups in total. The van der Waals surface area contributed by atoms with Crippen molar-refractivity contribution in [1.29, 1.82) is 0 Å². The van der Waals surface area contributed by atoms with Gasteiger partial charge in [-0.2, -0.15) is 0 Å². The minimum absolute atomic E-state index is 0.0788. The van der Waals surface area contributed by atoms with Gasteiger partial charge in [0.05, 0.1) is 10.6 Å². The molecule has 0 saturated carbocycles. The SMILES string of the molecule is Cc1ccc(N(Cc2nnc(-c3ccccc3)o2)S(=O)(=O)c2ccc3c(c2)OCCO3)cc1. The lowest BCUT2D eigenvalue weighted by Gasteiger charge is -2.24. The lowest BCUT2D eigenvalue weighted by molar-refractivity contribution is 0.171. The molecule has 9 heteroatoms. The van der Waals surface area contributed by atoms with Gasteiger partial charge in [-0.15, -0.1) is 10.2 Å². The van der Waals surface area contributed by atoms with Gasteiger partial charge in [-0.1, -0.05) is 35.9 Å². The summed E-state index contributed by atoms with van der Waals surface area (Å²) in [7, 11) is -3.98. The number of aromatic nitrogens is 2. The van der Waals surface area contributed by atoms with Gasteiger partial charge in [0.2, 0.25) is 11.8 Å². The van der Waals surface area contributed by atoms with Crippen LogP contribution in [0.15, 0.2) is 82.1 Å². The number of ether oxygens (including phenoxy) is 2. The molecule has 8 nitrogen and oxygen atoms in total. The molecule has 2 heterocycles. The molecule has 0 spiro atoms. The monoisotopic (exact) mass is 463 g/mol. The van der Waals surface area contributed by atoms with E-state index >= 15 is 0 Å². The van der Waals surface area contributed by atoms with E-state index in [2.05, 4.69) is 10.2 Å². The maximum Gasteiger partial charge on any atom is 0.264 e. The van der Waals surface area contributed by atoms with Crippen molar-refractivity contribution < 1.29 is 22.3 Å². The van der Waals surface area contributed by atoms with Crippen molar-refractivity contribution in [3.05, 3.63) is 84.3 Å². The van der Waals surface area contributed by atoms with Crippen molar-refractivity contribution in [2.24, 2.45) is 0 Å². The van der Waals surface area contributed by atoms with Gasteiger partial charge in [0, 0.05) is 11.6 Å². The van der Waals surface area contributed by atoms with Gasteiger partial charge < -0.3 is 13.9 Å². The summed E-state index contributed by atoms with van der Waals surface area (Å²) in [6.07, 6.45) is 0. The lowest BCUT2D eigenvalue weighted by Crippen LogP contribution is -2.31. The van der Waals surface area contributed by atoms with Crippen LogP contribution in [0.1, 0.15) is 11.5 Å². The Morgan fingerprint density at radius 1 is 0.879 bits per heavy atom. The number of sulfonamides is 1. The van der Waals surface area contributed by atoms with Gasteiger partial charge in [-0.25, -0.2) is 8.42 Å². The highest BCUT2D eigenvalue weighted by Gasteiger charge is 2.29. The van der Waals surface area contributed by atoms with Crippen LogP contribution in [0.2, 0.25) is 0 Å². The van der Waals surface area contributed by atoms with Gasteiger partial charge in [0.25, 0.3) is 10.0 Å². The lowest BCUT2D eigenvalue weighted by atomic mass is 10.2. The second kappa shape index (κ2) is 8.59. The molecule has 5 rings (SSSR count). The summed E-state index contributed by atoms with van der Waals surface area (Å²) in [6.45, 7) is 2.60. The number of fused-ring (bicyclic) bond motifs is 1. The van der Waals surface area contributed by atoms with Gasteiger partial charge in [-0.3, -0.25) is 4.31 Å². The second-order valence-corrected chi connectivity index (χ2v) is 9.38. The third-order valence-corrected chi connectivity index (χ3v) is 6.96. The number of hydrogen-bond acceptors (Lipinski definition) is 7. The maximum absolute atomic E-state index is 13.7. The number of aryl methyl sites for hydroxylation is 1. The number of rotatable bonds is 6. The molecule has 3 aromatic carbocycles. The van der Waals surface area contributed by atoms with Crippen LogP contribution in [0.25, 0.3) is 11.5 Å². The van der Waals surface area contributed by atoms with Crippen molar-refractivity contribution in [3.8, 4) is 23.0 Å². The first-order valence-corrected chi connectivity index (χ1v) is 11.8. The minimum atomic E-state index is -3.98. The van der Waals surface area contributed by atoms with E-state index in [0.29, 0.717) is 36.3 Å². The standard InChI is InChI=1S/C24H21N3O5S/c1-17-7-9-19(10-8-17)27(16-23-25-26-24(32-23)18-5-3-2-4-6-18)33(28,29)20-11-12-21-22(15-20)31-14-13-30-21/h2-12,15H,13-14,16H2,1H3. The predicted octanol–water partition coefficient (Wildman–Crippen LogP) is 4.21. The van der Waals surface area contributed by atoms with Crippen LogP contribution in [0.4, 0.5) is 5.69 Å². The molecule has 0 saturated heterocycles. The van der Waals surface area contributed by atoms with E-state index in [9.17, 15) is 8.42 Å². The van der Waals surface area contributed by atoms with E-state index in [1.807, 2.05) is 49.4 Å². The van der Waals surface area contributed by atoms with Gasteiger partial charge in [0.1, 0.15) is 19.8 Å². The molecule has 1 aromatic heterocycles. The third kappa shape index (κ3) is 4.27. The molecule has 33 heavy (non-hydrogen) atoms. The molecule has 168 valence electrons. The van der Waals surface area contributed by atoms with Gasteiger partial charge >= 0.3 is 0 Å². The van der Waals surface area contributed by atoms with E-state index in [-0.39, 0.29) is 17.3 Å². The Morgan fingerprint density at radius 2 is 1.61 bits per heavy atom. The minimum Gasteiger partial charge on any atom is -0.486 e. The summed E-state index contributed by atoms with van der Waals surface area (Å²) in [5.74, 6) is 1.42. The zero-order valence-electron chi connectivity index (χ0n) is 17.8. The fourth-order valence-electron chi connectivity index (χ4n) is 3.48. The summed E-state index contributed by atoms with van der Waals surface area (Å²) in [5.41, 5.74) is 2.25. The first-order chi connectivity index (χ1) is 16.0. The molecule has 4 aromatic rings. The summed E-state index contributed by atoms with van der Waals surface area (Å²) >= 11 is 0. The Morgan fingerprint density at radius 3 is 2.36 bits per heavy atom. The van der Waals surface area contributed by atoms with Crippen LogP contribution >= 0.6 is 0 Å². The summed E-state index contributed by atoms with van der Waals surface area (Å²) in [4.78, 5) is 0.0788. The predicted molar refractivity (Wildman–Crippen MR) is 122 cm³/mol. The Balaban J connectivity index is 1.52. The molecule has 0 bridgehead atoms. The normalized spacial score (nSPS) is 13.0. The highest BCUT2D eigenvalue weighted by Crippen LogP contribution is 2.35. The van der Waals surface area contributed by atoms with E-state index in [1.54, 1.807) is 18.2 Å². The Kier molecular flexibility index (Phi) is 5.47. The summed E-state index contributed by atoms with van der Waals surface area (Å²) in [5, 5.41) is 8.17. The third-order valence-electron chi connectivity index (χ3n) is 5.19. The highest BCUT2D eigenvalue weighted by molar-refractivity contribution is 7.92. The van der Waals surface area contributed by atoms with E-state index in [4.69, 9.17) is 13.9 Å². The topological polar surface area (TPSA) is 94.8 Å². The van der Waals surface area contributed by atoms with Crippen molar-refractivity contribution in [3.63, 3.8) is 0 Å². The molecule has 1 aliphatic rings. The zero-order chi connectivity index (χ0) is 22.8. The average molecular weight is 464 g/mol. The zero-order valence-corrected chi connectivity index (χ0v) is 18.7. The first-order valence-electron chi connectivity index (χ1n) is 10.4. The summed E-state index contributed by atoms with van der Waals surface area (Å²) in [6, 6.07) is 21.1. The average Bonchev–Trinajstić information content (AvgIpc) is 3.32. The van der Waals surface area contributed by atoms with Gasteiger partial charge in [0.15, 0.2) is 11.5 Å². The van der Waals surface area contributed by atoms with Crippen molar-refractivity contribution in [1.82, 2.24) is 10.2 Å². The molecule has 0 radical (unpaired) electrons. The fraction of sp³-hybridized carbons (Fsp3) is 0.167. The number of benzene rings is 3. The van der Waals surface area contributed by atoms with Gasteiger partial charge in [-0.05, 0) is 43.3 Å². The second-order valence-electron chi connectivity index (χ2n) is 7.52. The molecule has 0 fully saturated rings. The molecule has 0 amide bonds. The number of hydrogen-bond donors (Lipinski definition) is 0. The molecular formula is C24H21N3O5S. The van der Waals surface area contributed by atoms with Crippen molar-refractivity contribution >= 4 is 15.7 Å². The fourth-order valence-corrected chi connectivity index (χ4v) is 4.91. The Bertz CT molecular complexity index is 1370. The smallest absolute Gasteiger partial charge is 0.264 e. The van der Waals surface area contributed by atoms with E-state index in [1.165, 1.54) is 16.4 Å². The van der Waals surface area contributed by atoms with Crippen LogP contribution in [0.5, 0.6) is 11.5 Å². The van der Waals surface area contributed by atoms with Crippen LogP contribution in [-0.4, -0.2) is 31.8 Å². The number of anilines is 1. The Labute approximate surface area is 191 Å².